The number of hydrogen-bond donors (Lipinski definition) is 1. The van der Waals surface area contributed by atoms with Crippen molar-refractivity contribution in [1.29, 1.82) is 0 Å². The lowest BCUT2D eigenvalue weighted by atomic mass is 10.1. The van der Waals surface area contributed by atoms with E-state index < -0.39 is 28.5 Å². The second-order valence-corrected chi connectivity index (χ2v) is 13.7. The molecule has 0 aromatic heterocycles. The molecule has 0 unspecified atom stereocenters. The molecule has 1 fully saturated rings. The van der Waals surface area contributed by atoms with Crippen molar-refractivity contribution >= 4 is 50.7 Å². The minimum Gasteiger partial charge on any atom is -0.352 e. The zero-order chi connectivity index (χ0) is 30.6. The predicted molar refractivity (Wildman–Crippen MR) is 168 cm³/mol. The summed E-state index contributed by atoms with van der Waals surface area (Å²) < 4.78 is 29.3. The molecular weight excluding hydrogens is 593 g/mol. The van der Waals surface area contributed by atoms with Gasteiger partial charge in [0.2, 0.25) is 11.8 Å². The van der Waals surface area contributed by atoms with Gasteiger partial charge in [-0.1, -0.05) is 71.9 Å². The monoisotopic (exact) mass is 629 g/mol. The van der Waals surface area contributed by atoms with Gasteiger partial charge >= 0.3 is 0 Å². The van der Waals surface area contributed by atoms with E-state index in [-0.39, 0.29) is 23.4 Å². The molecule has 0 aliphatic heterocycles. The first-order chi connectivity index (χ1) is 19.9. The molecule has 0 spiro atoms. The third-order valence-corrected chi connectivity index (χ3v) is 10.5. The van der Waals surface area contributed by atoms with Gasteiger partial charge in [-0.05, 0) is 87.6 Å². The van der Waals surface area contributed by atoms with Gasteiger partial charge in [0.15, 0.2) is 0 Å². The van der Waals surface area contributed by atoms with Crippen molar-refractivity contribution in [3.05, 3.63) is 93.0 Å². The Hall–Kier alpha value is -3.07. The van der Waals surface area contributed by atoms with Crippen molar-refractivity contribution in [2.45, 2.75) is 76.9 Å². The van der Waals surface area contributed by atoms with Crippen molar-refractivity contribution in [3.8, 4) is 0 Å². The highest BCUT2D eigenvalue weighted by Gasteiger charge is 2.34. The average molecular weight is 631 g/mol. The van der Waals surface area contributed by atoms with Gasteiger partial charge in [-0.3, -0.25) is 13.9 Å². The highest BCUT2D eigenvalue weighted by atomic mass is 35.5. The van der Waals surface area contributed by atoms with Crippen LogP contribution in [0.5, 0.6) is 0 Å². The van der Waals surface area contributed by atoms with Crippen LogP contribution >= 0.6 is 23.2 Å². The van der Waals surface area contributed by atoms with Crippen LogP contribution in [0.2, 0.25) is 10.0 Å². The molecule has 0 heterocycles. The molecule has 0 bridgehead atoms. The maximum absolute atomic E-state index is 14.2. The number of benzene rings is 3. The fourth-order valence-corrected chi connectivity index (χ4v) is 6.96. The highest BCUT2D eigenvalue weighted by molar-refractivity contribution is 7.92. The van der Waals surface area contributed by atoms with Crippen molar-refractivity contribution in [3.63, 3.8) is 0 Å². The molecule has 3 aromatic carbocycles. The largest absolute Gasteiger partial charge is 0.352 e. The molecule has 4 rings (SSSR count). The molecule has 42 heavy (non-hydrogen) atoms. The normalized spacial score (nSPS) is 14.4. The summed E-state index contributed by atoms with van der Waals surface area (Å²) in [6.07, 6.45) is 3.89. The molecule has 3 aromatic rings. The van der Waals surface area contributed by atoms with E-state index in [0.29, 0.717) is 21.3 Å². The maximum Gasteiger partial charge on any atom is 0.264 e. The Bertz CT molecular complexity index is 1550. The molecule has 1 atom stereocenters. The topological polar surface area (TPSA) is 86.8 Å². The number of sulfonamides is 1. The van der Waals surface area contributed by atoms with Gasteiger partial charge in [0.1, 0.15) is 12.6 Å². The minimum atomic E-state index is -4.14. The zero-order valence-electron chi connectivity index (χ0n) is 24.4. The summed E-state index contributed by atoms with van der Waals surface area (Å²) in [6.45, 7) is 6.81. The number of hydrogen-bond acceptors (Lipinski definition) is 4. The fourth-order valence-electron chi connectivity index (χ4n) is 5.17. The molecular formula is C32H37Cl2N3O4S. The van der Waals surface area contributed by atoms with E-state index in [9.17, 15) is 18.0 Å². The van der Waals surface area contributed by atoms with Crippen LogP contribution in [0.1, 0.15) is 54.9 Å². The van der Waals surface area contributed by atoms with E-state index in [4.69, 9.17) is 23.2 Å². The van der Waals surface area contributed by atoms with Gasteiger partial charge in [-0.15, -0.1) is 0 Å². The van der Waals surface area contributed by atoms with E-state index in [0.717, 1.165) is 46.7 Å². The number of aryl methyl sites for hydroxylation is 2. The second-order valence-electron chi connectivity index (χ2n) is 11.0. The van der Waals surface area contributed by atoms with Crippen LogP contribution in [-0.2, 0) is 26.2 Å². The Labute approximate surface area is 258 Å². The van der Waals surface area contributed by atoms with E-state index in [1.165, 1.54) is 4.90 Å². The van der Waals surface area contributed by atoms with Crippen LogP contribution in [-0.4, -0.2) is 43.8 Å². The van der Waals surface area contributed by atoms with E-state index >= 15 is 0 Å². The van der Waals surface area contributed by atoms with Crippen LogP contribution in [0.25, 0.3) is 0 Å². The molecule has 10 heteroatoms. The Morgan fingerprint density at radius 1 is 0.952 bits per heavy atom. The van der Waals surface area contributed by atoms with Gasteiger partial charge in [0.25, 0.3) is 10.0 Å². The first-order valence-electron chi connectivity index (χ1n) is 14.1. The standard InChI is InChI=1S/C32H37Cl2N3O4S/c1-21-12-15-27(16-13-21)42(40,41)37(30-11-7-8-22(2)23(30)3)20-31(38)36(19-25-14-17-28(33)29(34)18-25)24(4)32(39)35-26-9-5-6-10-26/h7-8,11-18,24,26H,5-6,9-10,19-20H2,1-4H3,(H,35,39)/t24-/m1/s1. The summed E-state index contributed by atoms with van der Waals surface area (Å²) in [4.78, 5) is 29.0. The van der Waals surface area contributed by atoms with Crippen LogP contribution in [0.15, 0.2) is 65.6 Å². The van der Waals surface area contributed by atoms with Crippen molar-refractivity contribution < 1.29 is 18.0 Å². The molecule has 1 aliphatic rings. The number of nitrogens with zero attached hydrogens (tertiary/aromatic N) is 2. The Balaban J connectivity index is 1.73. The Morgan fingerprint density at radius 2 is 1.62 bits per heavy atom. The van der Waals surface area contributed by atoms with Gasteiger partial charge in [-0.2, -0.15) is 0 Å². The summed E-state index contributed by atoms with van der Waals surface area (Å²) in [5, 5.41) is 3.77. The molecule has 1 saturated carbocycles. The first-order valence-corrected chi connectivity index (χ1v) is 16.3. The number of carbonyl (C=O) groups is 2. The lowest BCUT2D eigenvalue weighted by Crippen LogP contribution is -2.52. The number of amides is 2. The predicted octanol–water partition coefficient (Wildman–Crippen LogP) is 6.59. The van der Waals surface area contributed by atoms with E-state index in [2.05, 4.69) is 5.32 Å². The smallest absolute Gasteiger partial charge is 0.264 e. The number of carbonyl (C=O) groups excluding carboxylic acids is 2. The summed E-state index contributed by atoms with van der Waals surface area (Å²) in [6, 6.07) is 16.1. The SMILES string of the molecule is Cc1ccc(S(=O)(=O)N(CC(=O)N(Cc2ccc(Cl)c(Cl)c2)[C@H](C)C(=O)NC2CCCC2)c2cccc(C)c2C)cc1. The summed E-state index contributed by atoms with van der Waals surface area (Å²) >= 11 is 12.4. The number of halogens is 2. The molecule has 224 valence electrons. The molecule has 7 nitrogen and oxygen atoms in total. The molecule has 1 aliphatic carbocycles. The molecule has 2 amide bonds. The third-order valence-electron chi connectivity index (χ3n) is 7.94. The number of rotatable bonds is 10. The van der Waals surface area contributed by atoms with Gasteiger partial charge in [-0.25, -0.2) is 8.42 Å². The summed E-state index contributed by atoms with van der Waals surface area (Å²) in [5.74, 6) is -0.804. The average Bonchev–Trinajstić information content (AvgIpc) is 3.46. The van der Waals surface area contributed by atoms with Gasteiger partial charge < -0.3 is 10.2 Å². The maximum atomic E-state index is 14.2. The van der Waals surface area contributed by atoms with Gasteiger partial charge in [0, 0.05) is 12.6 Å². The number of anilines is 1. The van der Waals surface area contributed by atoms with Crippen molar-refractivity contribution in [2.75, 3.05) is 10.8 Å². The first kappa shape index (κ1) is 31.9. The van der Waals surface area contributed by atoms with Gasteiger partial charge in [0.05, 0.1) is 20.6 Å². The summed E-state index contributed by atoms with van der Waals surface area (Å²) in [5.41, 5.74) is 3.61. The van der Waals surface area contributed by atoms with Crippen molar-refractivity contribution in [2.24, 2.45) is 0 Å². The second kappa shape index (κ2) is 13.5. The quantitative estimate of drug-likeness (QED) is 0.274. The minimum absolute atomic E-state index is 0.0419. The van der Waals surface area contributed by atoms with Crippen LogP contribution < -0.4 is 9.62 Å². The molecule has 0 saturated heterocycles. The lowest BCUT2D eigenvalue weighted by molar-refractivity contribution is -0.139. The zero-order valence-corrected chi connectivity index (χ0v) is 26.7. The fraction of sp³-hybridized carbons (Fsp3) is 0.375. The van der Waals surface area contributed by atoms with Crippen molar-refractivity contribution in [1.82, 2.24) is 10.2 Å². The van der Waals surface area contributed by atoms with E-state index in [1.54, 1.807) is 61.5 Å². The summed E-state index contributed by atoms with van der Waals surface area (Å²) in [7, 11) is -4.14. The third kappa shape index (κ3) is 7.28. The molecule has 0 radical (unpaired) electrons. The van der Waals surface area contributed by atoms with E-state index in [1.807, 2.05) is 26.8 Å². The Morgan fingerprint density at radius 3 is 2.26 bits per heavy atom. The van der Waals surface area contributed by atoms with Crippen LogP contribution in [0.4, 0.5) is 5.69 Å². The van der Waals surface area contributed by atoms with Crippen LogP contribution in [0.3, 0.4) is 0 Å². The molecule has 1 N–H and O–H groups in total. The lowest BCUT2D eigenvalue weighted by Gasteiger charge is -2.33. The van der Waals surface area contributed by atoms with Crippen LogP contribution in [0, 0.1) is 20.8 Å². The highest BCUT2D eigenvalue weighted by Crippen LogP contribution is 2.30. The number of nitrogens with one attached hydrogen (secondary N) is 1. The Kier molecular flexibility index (Phi) is 10.2.